The lowest BCUT2D eigenvalue weighted by Crippen LogP contribution is -2.00. The maximum atomic E-state index is 10.0. The van der Waals surface area contributed by atoms with Crippen LogP contribution in [0.4, 0.5) is 0 Å². The van der Waals surface area contributed by atoms with Crippen LogP contribution in [0.2, 0.25) is 0 Å². The van der Waals surface area contributed by atoms with Gasteiger partial charge in [-0.25, -0.2) is 0 Å². The van der Waals surface area contributed by atoms with Crippen LogP contribution in [-0.4, -0.2) is 10.1 Å². The largest absolute Gasteiger partial charge is 0.388 e. The smallest absolute Gasteiger partial charge is 0.0839 e. The molecule has 2 rings (SSSR count). The van der Waals surface area contributed by atoms with Crippen molar-refractivity contribution >= 4 is 11.3 Å². The van der Waals surface area contributed by atoms with E-state index in [1.807, 2.05) is 12.1 Å². The number of hydrogen-bond donors (Lipinski definition) is 1. The van der Waals surface area contributed by atoms with Crippen LogP contribution >= 0.6 is 11.3 Å². The molecule has 16 heavy (non-hydrogen) atoms. The summed E-state index contributed by atoms with van der Waals surface area (Å²) in [5.41, 5.74) is 0.932. The summed E-state index contributed by atoms with van der Waals surface area (Å²) in [4.78, 5) is 6.55. The van der Waals surface area contributed by atoms with E-state index in [1.54, 1.807) is 23.7 Å². The molecule has 0 bridgehead atoms. The lowest BCUT2D eigenvalue weighted by Gasteiger charge is -2.08. The molecule has 0 amide bonds. The maximum absolute atomic E-state index is 10.0. The zero-order valence-corrected chi connectivity index (χ0v) is 10.1. The number of rotatable bonds is 4. The molecule has 0 aliphatic heterocycles. The van der Waals surface area contributed by atoms with E-state index in [9.17, 15) is 5.11 Å². The molecule has 0 aliphatic carbocycles. The van der Waals surface area contributed by atoms with Crippen molar-refractivity contribution in [1.82, 2.24) is 4.98 Å². The Hall–Kier alpha value is -1.19. The van der Waals surface area contributed by atoms with Gasteiger partial charge in [-0.05, 0) is 36.2 Å². The molecule has 0 saturated heterocycles. The van der Waals surface area contributed by atoms with Crippen LogP contribution in [0.3, 0.4) is 0 Å². The van der Waals surface area contributed by atoms with Gasteiger partial charge in [-0.15, -0.1) is 11.3 Å². The molecule has 0 spiro atoms. The molecule has 1 N–H and O–H groups in total. The second kappa shape index (κ2) is 5.23. The zero-order chi connectivity index (χ0) is 11.4. The van der Waals surface area contributed by atoms with E-state index < -0.39 is 6.10 Å². The molecule has 84 valence electrons. The average molecular weight is 233 g/mol. The second-order valence-corrected chi connectivity index (χ2v) is 4.97. The number of nitrogens with zero attached hydrogens (tertiary/aromatic N) is 1. The van der Waals surface area contributed by atoms with E-state index in [1.165, 1.54) is 9.75 Å². The van der Waals surface area contributed by atoms with E-state index in [0.29, 0.717) is 6.42 Å². The maximum Gasteiger partial charge on any atom is 0.0839 e. The third-order valence-electron chi connectivity index (χ3n) is 2.55. The van der Waals surface area contributed by atoms with E-state index >= 15 is 0 Å². The van der Waals surface area contributed by atoms with Crippen LogP contribution in [0, 0.1) is 0 Å². The lowest BCUT2D eigenvalue weighted by atomic mass is 10.1. The summed E-state index contributed by atoms with van der Waals surface area (Å²) in [6, 6.07) is 7.96. The monoisotopic (exact) mass is 233 g/mol. The summed E-state index contributed by atoms with van der Waals surface area (Å²) < 4.78 is 0. The summed E-state index contributed by atoms with van der Waals surface area (Å²) in [7, 11) is 0. The highest BCUT2D eigenvalue weighted by molar-refractivity contribution is 7.11. The highest BCUT2D eigenvalue weighted by Crippen LogP contribution is 2.23. The number of aliphatic hydroxyl groups excluding tert-OH is 1. The minimum Gasteiger partial charge on any atom is -0.388 e. The van der Waals surface area contributed by atoms with Gasteiger partial charge in [0.25, 0.3) is 0 Å². The molecular weight excluding hydrogens is 218 g/mol. The van der Waals surface area contributed by atoms with Gasteiger partial charge in [-0.2, -0.15) is 0 Å². The van der Waals surface area contributed by atoms with Crippen molar-refractivity contribution in [3.8, 4) is 0 Å². The van der Waals surface area contributed by atoms with Gasteiger partial charge >= 0.3 is 0 Å². The van der Waals surface area contributed by atoms with Gasteiger partial charge in [-0.1, -0.05) is 6.92 Å². The summed E-state index contributed by atoms with van der Waals surface area (Å²) >= 11 is 1.78. The Bertz CT molecular complexity index is 438. The number of aliphatic hydroxyl groups is 1. The second-order valence-electron chi connectivity index (χ2n) is 3.72. The van der Waals surface area contributed by atoms with Crippen molar-refractivity contribution in [3.05, 3.63) is 52.0 Å². The fourth-order valence-corrected chi connectivity index (χ4v) is 2.61. The van der Waals surface area contributed by atoms with Crippen molar-refractivity contribution in [2.45, 2.75) is 25.9 Å². The van der Waals surface area contributed by atoms with Crippen molar-refractivity contribution in [2.24, 2.45) is 0 Å². The first kappa shape index (κ1) is 11.3. The number of aromatic nitrogens is 1. The standard InChI is InChI=1S/C13H15NOS/c1-2-11-3-4-12(16-11)9-13(15)10-5-7-14-8-6-10/h3-8,13,15H,2,9H2,1H3. The minimum atomic E-state index is -0.425. The van der Waals surface area contributed by atoms with Gasteiger partial charge in [0.05, 0.1) is 6.10 Å². The predicted octanol–water partition coefficient (Wildman–Crippen LogP) is 2.98. The molecule has 1 atom stereocenters. The molecule has 0 aromatic carbocycles. The molecule has 0 radical (unpaired) electrons. The van der Waals surface area contributed by atoms with Crippen molar-refractivity contribution in [3.63, 3.8) is 0 Å². The third kappa shape index (κ3) is 2.68. The highest BCUT2D eigenvalue weighted by Gasteiger charge is 2.09. The SMILES string of the molecule is CCc1ccc(CC(O)c2ccncc2)s1. The Labute approximate surface area is 99.6 Å². The lowest BCUT2D eigenvalue weighted by molar-refractivity contribution is 0.179. The molecule has 2 aromatic rings. The summed E-state index contributed by atoms with van der Waals surface area (Å²) in [5.74, 6) is 0. The summed E-state index contributed by atoms with van der Waals surface area (Å²) in [6.07, 6.45) is 4.76. The quantitative estimate of drug-likeness (QED) is 0.880. The van der Waals surface area contributed by atoms with Crippen LogP contribution < -0.4 is 0 Å². The molecule has 2 nitrogen and oxygen atoms in total. The molecule has 0 fully saturated rings. The van der Waals surface area contributed by atoms with Gasteiger partial charge in [0, 0.05) is 28.6 Å². The van der Waals surface area contributed by atoms with Gasteiger partial charge in [0.15, 0.2) is 0 Å². The third-order valence-corrected chi connectivity index (χ3v) is 3.80. The summed E-state index contributed by atoms with van der Waals surface area (Å²) in [5, 5.41) is 10.0. The Morgan fingerprint density at radius 2 is 1.88 bits per heavy atom. The molecule has 2 aromatic heterocycles. The van der Waals surface area contributed by atoms with Crippen molar-refractivity contribution in [1.29, 1.82) is 0 Å². The van der Waals surface area contributed by atoms with Gasteiger partial charge in [0.2, 0.25) is 0 Å². The van der Waals surface area contributed by atoms with E-state index in [0.717, 1.165) is 12.0 Å². The number of thiophene rings is 1. The normalized spacial score (nSPS) is 12.6. The molecule has 3 heteroatoms. The molecule has 2 heterocycles. The number of pyridine rings is 1. The topological polar surface area (TPSA) is 33.1 Å². The fraction of sp³-hybridized carbons (Fsp3) is 0.308. The van der Waals surface area contributed by atoms with Crippen LogP contribution in [0.25, 0.3) is 0 Å². The fourth-order valence-electron chi connectivity index (χ4n) is 1.62. The van der Waals surface area contributed by atoms with Gasteiger partial charge < -0.3 is 5.11 Å². The van der Waals surface area contributed by atoms with Gasteiger partial charge in [-0.3, -0.25) is 4.98 Å². The minimum absolute atomic E-state index is 0.425. The van der Waals surface area contributed by atoms with E-state index in [4.69, 9.17) is 0 Å². The first-order valence-electron chi connectivity index (χ1n) is 5.45. The average Bonchev–Trinajstić information content (AvgIpc) is 2.78. The van der Waals surface area contributed by atoms with E-state index in [2.05, 4.69) is 24.0 Å². The number of aryl methyl sites for hydroxylation is 1. The Kier molecular flexibility index (Phi) is 3.70. The van der Waals surface area contributed by atoms with Crippen molar-refractivity contribution in [2.75, 3.05) is 0 Å². The molecule has 0 aliphatic rings. The highest BCUT2D eigenvalue weighted by atomic mass is 32.1. The molecular formula is C13H15NOS. The Balaban J connectivity index is 2.05. The predicted molar refractivity (Wildman–Crippen MR) is 66.6 cm³/mol. The molecule has 1 unspecified atom stereocenters. The van der Waals surface area contributed by atoms with E-state index in [-0.39, 0.29) is 0 Å². The van der Waals surface area contributed by atoms with Gasteiger partial charge in [0.1, 0.15) is 0 Å². The van der Waals surface area contributed by atoms with Crippen LogP contribution in [-0.2, 0) is 12.8 Å². The summed E-state index contributed by atoms with van der Waals surface area (Å²) in [6.45, 7) is 2.15. The Morgan fingerprint density at radius 3 is 2.50 bits per heavy atom. The van der Waals surface area contributed by atoms with Crippen molar-refractivity contribution < 1.29 is 5.11 Å². The first-order valence-corrected chi connectivity index (χ1v) is 6.27. The van der Waals surface area contributed by atoms with Crippen LogP contribution in [0.15, 0.2) is 36.7 Å². The van der Waals surface area contributed by atoms with Crippen LogP contribution in [0.1, 0.15) is 28.3 Å². The first-order chi connectivity index (χ1) is 7.79. The zero-order valence-electron chi connectivity index (χ0n) is 9.26. The Morgan fingerprint density at radius 1 is 1.19 bits per heavy atom. The number of hydrogen-bond acceptors (Lipinski definition) is 3. The van der Waals surface area contributed by atoms with Crippen LogP contribution in [0.5, 0.6) is 0 Å². The molecule has 0 saturated carbocycles.